The van der Waals surface area contributed by atoms with Gasteiger partial charge in [0.25, 0.3) is 0 Å². The number of nitrogens with zero attached hydrogens (tertiary/aromatic N) is 3. The van der Waals surface area contributed by atoms with Gasteiger partial charge in [-0.15, -0.1) is 11.3 Å². The minimum atomic E-state index is 0.177. The summed E-state index contributed by atoms with van der Waals surface area (Å²) < 4.78 is 0.876. The Labute approximate surface area is 132 Å². The SMILES string of the molecule is N#Cc1ccc(Br)cc1Nc1nc(Cl)nc2sccc12. The van der Waals surface area contributed by atoms with Crippen molar-refractivity contribution >= 4 is 60.6 Å². The number of fused-ring (bicyclic) bond motifs is 1. The summed E-state index contributed by atoms with van der Waals surface area (Å²) >= 11 is 10.8. The molecule has 0 radical (unpaired) electrons. The largest absolute Gasteiger partial charge is 0.338 e. The Morgan fingerprint density at radius 2 is 2.15 bits per heavy atom. The summed E-state index contributed by atoms with van der Waals surface area (Å²) in [5.74, 6) is 0.593. The molecule has 3 aromatic rings. The lowest BCUT2D eigenvalue weighted by molar-refractivity contribution is 1.23. The standard InChI is InChI=1S/C13H6BrClN4S/c14-8-2-1-7(6-16)10(5-8)17-11-9-3-4-20-12(9)19-13(15)18-11/h1-5H,(H,17,18,19). The smallest absolute Gasteiger partial charge is 0.225 e. The Morgan fingerprint density at radius 1 is 1.30 bits per heavy atom. The molecule has 0 saturated heterocycles. The summed E-state index contributed by atoms with van der Waals surface area (Å²) in [5.41, 5.74) is 1.20. The van der Waals surface area contributed by atoms with Gasteiger partial charge in [-0.2, -0.15) is 10.2 Å². The third-order valence-corrected chi connectivity index (χ3v) is 4.12. The van der Waals surface area contributed by atoms with Gasteiger partial charge in [-0.25, -0.2) is 4.98 Å². The molecule has 0 unspecified atom stereocenters. The van der Waals surface area contributed by atoms with Gasteiger partial charge >= 0.3 is 0 Å². The third-order valence-electron chi connectivity index (χ3n) is 2.65. The molecule has 2 aromatic heterocycles. The maximum atomic E-state index is 9.15. The molecular formula is C13H6BrClN4S. The number of benzene rings is 1. The van der Waals surface area contributed by atoms with E-state index < -0.39 is 0 Å². The number of nitriles is 1. The predicted octanol–water partition coefficient (Wildman–Crippen LogP) is 4.72. The highest BCUT2D eigenvalue weighted by atomic mass is 79.9. The summed E-state index contributed by atoms with van der Waals surface area (Å²) in [7, 11) is 0. The zero-order valence-electron chi connectivity index (χ0n) is 9.89. The predicted molar refractivity (Wildman–Crippen MR) is 84.6 cm³/mol. The second-order valence-electron chi connectivity index (χ2n) is 3.91. The number of hydrogen-bond acceptors (Lipinski definition) is 5. The number of aromatic nitrogens is 2. The van der Waals surface area contributed by atoms with Crippen molar-refractivity contribution < 1.29 is 0 Å². The van der Waals surface area contributed by atoms with Crippen molar-refractivity contribution in [3.05, 3.63) is 45.0 Å². The third kappa shape index (κ3) is 2.48. The Morgan fingerprint density at radius 3 is 2.95 bits per heavy atom. The quantitative estimate of drug-likeness (QED) is 0.667. The van der Waals surface area contributed by atoms with Gasteiger partial charge in [-0.1, -0.05) is 15.9 Å². The van der Waals surface area contributed by atoms with Crippen molar-refractivity contribution in [1.29, 1.82) is 5.26 Å². The number of hydrogen-bond donors (Lipinski definition) is 1. The number of anilines is 2. The van der Waals surface area contributed by atoms with Crippen molar-refractivity contribution in [2.24, 2.45) is 0 Å². The first kappa shape index (κ1) is 13.3. The number of thiophene rings is 1. The molecule has 98 valence electrons. The van der Waals surface area contributed by atoms with Crippen LogP contribution in [0.15, 0.2) is 34.1 Å². The molecule has 7 heteroatoms. The van der Waals surface area contributed by atoms with Gasteiger partial charge in [0.05, 0.1) is 16.6 Å². The molecule has 0 spiro atoms. The van der Waals surface area contributed by atoms with Crippen molar-refractivity contribution in [1.82, 2.24) is 9.97 Å². The van der Waals surface area contributed by atoms with Crippen LogP contribution >= 0.6 is 38.9 Å². The monoisotopic (exact) mass is 364 g/mol. The van der Waals surface area contributed by atoms with E-state index in [1.165, 1.54) is 11.3 Å². The van der Waals surface area contributed by atoms with Gasteiger partial charge in [0.2, 0.25) is 5.28 Å². The molecule has 0 aliphatic heterocycles. The summed E-state index contributed by atoms with van der Waals surface area (Å²) in [6.07, 6.45) is 0. The highest BCUT2D eigenvalue weighted by Crippen LogP contribution is 2.30. The molecule has 0 atom stereocenters. The Hall–Kier alpha value is -1.68. The van der Waals surface area contributed by atoms with Gasteiger partial charge in [0, 0.05) is 4.47 Å². The molecule has 0 saturated carbocycles. The Balaban J connectivity index is 2.12. The summed E-state index contributed by atoms with van der Waals surface area (Å²) in [4.78, 5) is 9.16. The number of halogens is 2. The summed E-state index contributed by atoms with van der Waals surface area (Å²) in [5, 5.41) is 15.3. The summed E-state index contributed by atoms with van der Waals surface area (Å²) in [6, 6.07) is 9.44. The molecule has 0 aliphatic rings. The van der Waals surface area contributed by atoms with Gasteiger partial charge in [0.1, 0.15) is 16.7 Å². The maximum Gasteiger partial charge on any atom is 0.225 e. The molecular weight excluding hydrogens is 360 g/mol. The van der Waals surface area contributed by atoms with Crippen LogP contribution in [-0.4, -0.2) is 9.97 Å². The number of nitrogens with one attached hydrogen (secondary N) is 1. The molecule has 1 aromatic carbocycles. The van der Waals surface area contributed by atoms with Gasteiger partial charge in [-0.3, -0.25) is 0 Å². The molecule has 20 heavy (non-hydrogen) atoms. The molecule has 4 nitrogen and oxygen atoms in total. The van der Waals surface area contributed by atoms with E-state index >= 15 is 0 Å². The molecule has 0 bridgehead atoms. The van der Waals surface area contributed by atoms with Crippen LogP contribution in [-0.2, 0) is 0 Å². The van der Waals surface area contributed by atoms with Crippen LogP contribution in [0.1, 0.15) is 5.56 Å². The van der Waals surface area contributed by atoms with Crippen LogP contribution in [0.25, 0.3) is 10.2 Å². The van der Waals surface area contributed by atoms with E-state index in [2.05, 4.69) is 37.3 Å². The Bertz CT molecular complexity index is 840. The average Bonchev–Trinajstić information content (AvgIpc) is 2.87. The first-order valence-corrected chi connectivity index (χ1v) is 7.60. The zero-order valence-corrected chi connectivity index (χ0v) is 13.1. The topological polar surface area (TPSA) is 61.6 Å². The first-order chi connectivity index (χ1) is 9.67. The average molecular weight is 366 g/mol. The lowest BCUT2D eigenvalue weighted by Gasteiger charge is -2.09. The fraction of sp³-hybridized carbons (Fsp3) is 0. The van der Waals surface area contributed by atoms with Crippen LogP contribution in [0.2, 0.25) is 5.28 Å². The van der Waals surface area contributed by atoms with E-state index in [9.17, 15) is 0 Å². The van der Waals surface area contributed by atoms with Crippen LogP contribution < -0.4 is 5.32 Å². The van der Waals surface area contributed by atoms with Gasteiger partial charge in [0.15, 0.2) is 0 Å². The fourth-order valence-electron chi connectivity index (χ4n) is 1.77. The van der Waals surface area contributed by atoms with E-state index in [0.29, 0.717) is 17.1 Å². The van der Waals surface area contributed by atoms with E-state index in [1.54, 1.807) is 6.07 Å². The molecule has 3 rings (SSSR count). The van der Waals surface area contributed by atoms with Crippen LogP contribution in [0.3, 0.4) is 0 Å². The van der Waals surface area contributed by atoms with E-state index in [-0.39, 0.29) is 5.28 Å². The van der Waals surface area contributed by atoms with Crippen LogP contribution in [0.4, 0.5) is 11.5 Å². The van der Waals surface area contributed by atoms with E-state index in [4.69, 9.17) is 16.9 Å². The highest BCUT2D eigenvalue weighted by Gasteiger charge is 2.10. The van der Waals surface area contributed by atoms with Crippen molar-refractivity contribution in [3.8, 4) is 6.07 Å². The van der Waals surface area contributed by atoms with Crippen molar-refractivity contribution in [2.45, 2.75) is 0 Å². The minimum absolute atomic E-state index is 0.177. The normalized spacial score (nSPS) is 10.4. The summed E-state index contributed by atoms with van der Waals surface area (Å²) in [6.45, 7) is 0. The van der Waals surface area contributed by atoms with Crippen molar-refractivity contribution in [2.75, 3.05) is 5.32 Å². The minimum Gasteiger partial charge on any atom is -0.338 e. The van der Waals surface area contributed by atoms with Gasteiger partial charge < -0.3 is 5.32 Å². The Kier molecular flexibility index (Phi) is 3.57. The highest BCUT2D eigenvalue weighted by molar-refractivity contribution is 9.10. The first-order valence-electron chi connectivity index (χ1n) is 5.55. The zero-order chi connectivity index (χ0) is 14.1. The second kappa shape index (κ2) is 5.37. The molecule has 0 aliphatic carbocycles. The van der Waals surface area contributed by atoms with Gasteiger partial charge in [-0.05, 0) is 41.2 Å². The second-order valence-corrected chi connectivity index (χ2v) is 6.06. The van der Waals surface area contributed by atoms with Crippen LogP contribution in [0, 0.1) is 11.3 Å². The fourth-order valence-corrected chi connectivity index (χ4v) is 3.11. The van der Waals surface area contributed by atoms with Crippen LogP contribution in [0.5, 0.6) is 0 Å². The molecule has 1 N–H and O–H groups in total. The number of rotatable bonds is 2. The molecule has 0 fully saturated rings. The maximum absolute atomic E-state index is 9.15. The van der Waals surface area contributed by atoms with E-state index in [0.717, 1.165) is 14.7 Å². The molecule has 0 amide bonds. The van der Waals surface area contributed by atoms with Crippen molar-refractivity contribution in [3.63, 3.8) is 0 Å². The lowest BCUT2D eigenvalue weighted by atomic mass is 10.2. The van der Waals surface area contributed by atoms with E-state index in [1.807, 2.05) is 23.6 Å². The lowest BCUT2D eigenvalue weighted by Crippen LogP contribution is -1.98. The molecule has 2 heterocycles.